The van der Waals surface area contributed by atoms with Gasteiger partial charge >= 0.3 is 6.18 Å². The fourth-order valence-electron chi connectivity index (χ4n) is 1.26. The third-order valence-corrected chi connectivity index (χ3v) is 2.81. The van der Waals surface area contributed by atoms with E-state index < -0.39 is 24.7 Å². The topological polar surface area (TPSA) is 41.1 Å². The highest BCUT2D eigenvalue weighted by atomic mass is 35.5. The summed E-state index contributed by atoms with van der Waals surface area (Å²) in [7, 11) is 0. The van der Waals surface area contributed by atoms with Crippen LogP contribution in [0.1, 0.15) is 6.92 Å². The zero-order chi connectivity index (χ0) is 14.6. The van der Waals surface area contributed by atoms with E-state index in [9.17, 15) is 18.0 Å². The molecule has 0 aromatic heterocycles. The molecule has 0 spiro atoms. The van der Waals surface area contributed by atoms with Gasteiger partial charge in [0, 0.05) is 0 Å². The minimum absolute atomic E-state index is 0.281. The molecule has 1 atom stereocenters. The van der Waals surface area contributed by atoms with Gasteiger partial charge in [0.1, 0.15) is 12.6 Å². The molecular weight excluding hydrogens is 304 g/mol. The van der Waals surface area contributed by atoms with Crippen molar-refractivity contribution in [3.8, 4) is 0 Å². The number of carbonyl (C=O) groups excluding carboxylic acids is 1. The van der Waals surface area contributed by atoms with Gasteiger partial charge in [-0.1, -0.05) is 29.3 Å². The Morgan fingerprint density at radius 3 is 2.32 bits per heavy atom. The number of nitrogens with one attached hydrogen (secondary N) is 2. The maximum Gasteiger partial charge on any atom is 0.405 e. The van der Waals surface area contributed by atoms with Crippen LogP contribution in [0, 0.1) is 0 Å². The molecule has 1 unspecified atom stereocenters. The molecule has 19 heavy (non-hydrogen) atoms. The Balaban J connectivity index is 2.64. The van der Waals surface area contributed by atoms with Crippen LogP contribution < -0.4 is 10.6 Å². The Hall–Kier alpha value is -1.14. The second-order valence-electron chi connectivity index (χ2n) is 3.80. The third-order valence-electron chi connectivity index (χ3n) is 2.18. The van der Waals surface area contributed by atoms with Crippen LogP contribution in [-0.4, -0.2) is 24.7 Å². The first-order valence-corrected chi connectivity index (χ1v) is 6.01. The average molecular weight is 315 g/mol. The van der Waals surface area contributed by atoms with Crippen molar-refractivity contribution in [1.29, 1.82) is 0 Å². The highest BCUT2D eigenvalue weighted by Gasteiger charge is 2.28. The zero-order valence-electron chi connectivity index (χ0n) is 9.81. The number of carbonyl (C=O) groups is 1. The van der Waals surface area contributed by atoms with Crippen LogP contribution in [0.3, 0.4) is 0 Å². The number of anilines is 1. The van der Waals surface area contributed by atoms with E-state index in [1.165, 1.54) is 6.92 Å². The minimum Gasteiger partial charge on any atom is -0.371 e. The first kappa shape index (κ1) is 15.9. The molecule has 1 amide bonds. The summed E-state index contributed by atoms with van der Waals surface area (Å²) in [6, 6.07) is 3.82. The number of hydrogen-bond donors (Lipinski definition) is 2. The van der Waals surface area contributed by atoms with E-state index in [-0.39, 0.29) is 10.0 Å². The highest BCUT2D eigenvalue weighted by Crippen LogP contribution is 2.30. The zero-order valence-corrected chi connectivity index (χ0v) is 11.3. The fourth-order valence-corrected chi connectivity index (χ4v) is 1.76. The maximum atomic E-state index is 12.0. The van der Waals surface area contributed by atoms with Crippen molar-refractivity contribution >= 4 is 34.8 Å². The van der Waals surface area contributed by atoms with Crippen molar-refractivity contribution in [1.82, 2.24) is 5.32 Å². The number of halogens is 5. The van der Waals surface area contributed by atoms with E-state index in [2.05, 4.69) is 5.32 Å². The van der Waals surface area contributed by atoms with Crippen molar-refractivity contribution in [2.75, 3.05) is 11.9 Å². The second kappa shape index (κ2) is 6.34. The summed E-state index contributed by atoms with van der Waals surface area (Å²) in [5.74, 6) is -0.798. The van der Waals surface area contributed by atoms with Crippen molar-refractivity contribution in [2.45, 2.75) is 19.1 Å². The largest absolute Gasteiger partial charge is 0.405 e. The van der Waals surface area contributed by atoms with E-state index in [4.69, 9.17) is 23.2 Å². The number of benzene rings is 1. The predicted molar refractivity (Wildman–Crippen MR) is 68.6 cm³/mol. The van der Waals surface area contributed by atoms with E-state index >= 15 is 0 Å². The van der Waals surface area contributed by atoms with Crippen LogP contribution in [0.15, 0.2) is 18.2 Å². The first-order valence-electron chi connectivity index (χ1n) is 5.25. The number of alkyl halides is 3. The van der Waals surface area contributed by atoms with Crippen molar-refractivity contribution in [3.05, 3.63) is 28.2 Å². The standard InChI is InChI=1S/C11H11Cl2F3N2O/c1-6(10(19)17-5-11(14,15)16)18-9-7(12)3-2-4-8(9)13/h2-4,6,18H,5H2,1H3,(H,17,19). The summed E-state index contributed by atoms with van der Waals surface area (Å²) < 4.78 is 35.9. The molecule has 0 saturated carbocycles. The van der Waals surface area contributed by atoms with Crippen LogP contribution in [-0.2, 0) is 4.79 Å². The smallest absolute Gasteiger partial charge is 0.371 e. The third kappa shape index (κ3) is 5.16. The van der Waals surface area contributed by atoms with E-state index in [0.29, 0.717) is 5.69 Å². The molecule has 0 aliphatic heterocycles. The molecule has 0 radical (unpaired) electrons. The molecule has 0 aliphatic carbocycles. The highest BCUT2D eigenvalue weighted by molar-refractivity contribution is 6.39. The average Bonchev–Trinajstić information content (AvgIpc) is 2.29. The molecule has 2 N–H and O–H groups in total. The van der Waals surface area contributed by atoms with Gasteiger partial charge in [-0.3, -0.25) is 4.79 Å². The number of hydrogen-bond acceptors (Lipinski definition) is 2. The first-order chi connectivity index (χ1) is 8.70. The van der Waals surface area contributed by atoms with Gasteiger partial charge < -0.3 is 10.6 Å². The summed E-state index contributed by atoms with van der Waals surface area (Å²) in [6.45, 7) is 0.0273. The molecule has 0 aliphatic rings. The van der Waals surface area contributed by atoms with Gasteiger partial charge in [0.15, 0.2) is 0 Å². The Morgan fingerprint density at radius 2 is 1.84 bits per heavy atom. The molecule has 1 rings (SSSR count). The monoisotopic (exact) mass is 314 g/mol. The lowest BCUT2D eigenvalue weighted by Crippen LogP contribution is -2.42. The molecule has 0 fully saturated rings. The minimum atomic E-state index is -4.45. The van der Waals surface area contributed by atoms with Gasteiger partial charge in [0.2, 0.25) is 5.91 Å². The Bertz CT molecular complexity index is 445. The van der Waals surface area contributed by atoms with E-state index in [1.54, 1.807) is 23.5 Å². The van der Waals surface area contributed by atoms with Crippen LogP contribution in [0.5, 0.6) is 0 Å². The summed E-state index contributed by atoms with van der Waals surface area (Å²) in [5.41, 5.74) is 0.306. The summed E-state index contributed by atoms with van der Waals surface area (Å²) in [6.07, 6.45) is -4.45. The van der Waals surface area contributed by atoms with Crippen LogP contribution >= 0.6 is 23.2 Å². The second-order valence-corrected chi connectivity index (χ2v) is 4.61. The molecular formula is C11H11Cl2F3N2O. The van der Waals surface area contributed by atoms with Crippen LogP contribution in [0.4, 0.5) is 18.9 Å². The lowest BCUT2D eigenvalue weighted by atomic mass is 10.2. The maximum absolute atomic E-state index is 12.0. The molecule has 106 valence electrons. The molecule has 3 nitrogen and oxygen atoms in total. The molecule has 0 bridgehead atoms. The van der Waals surface area contributed by atoms with Gasteiger partial charge in [0.05, 0.1) is 15.7 Å². The Morgan fingerprint density at radius 1 is 1.32 bits per heavy atom. The summed E-state index contributed by atoms with van der Waals surface area (Å²) in [4.78, 5) is 11.5. The Labute approximate surface area is 118 Å². The SMILES string of the molecule is CC(Nc1c(Cl)cccc1Cl)C(=O)NCC(F)(F)F. The quantitative estimate of drug-likeness (QED) is 0.893. The van der Waals surface area contributed by atoms with Crippen molar-refractivity contribution in [3.63, 3.8) is 0 Å². The molecule has 1 aromatic rings. The van der Waals surface area contributed by atoms with Crippen LogP contribution in [0.2, 0.25) is 10.0 Å². The molecule has 0 heterocycles. The number of para-hydroxylation sites is 1. The normalized spacial score (nSPS) is 12.9. The van der Waals surface area contributed by atoms with Gasteiger partial charge in [-0.15, -0.1) is 0 Å². The van der Waals surface area contributed by atoms with Gasteiger partial charge in [-0.05, 0) is 19.1 Å². The summed E-state index contributed by atoms with van der Waals surface area (Å²) >= 11 is 11.7. The fraction of sp³-hybridized carbons (Fsp3) is 0.364. The van der Waals surface area contributed by atoms with Gasteiger partial charge in [-0.25, -0.2) is 0 Å². The number of rotatable bonds is 4. The molecule has 8 heteroatoms. The van der Waals surface area contributed by atoms with E-state index in [1.807, 2.05) is 0 Å². The van der Waals surface area contributed by atoms with Crippen molar-refractivity contribution < 1.29 is 18.0 Å². The predicted octanol–water partition coefficient (Wildman–Crippen LogP) is 3.47. The van der Waals surface area contributed by atoms with Crippen LogP contribution in [0.25, 0.3) is 0 Å². The van der Waals surface area contributed by atoms with Gasteiger partial charge in [0.25, 0.3) is 0 Å². The van der Waals surface area contributed by atoms with E-state index in [0.717, 1.165) is 0 Å². The Kier molecular flexibility index (Phi) is 5.31. The van der Waals surface area contributed by atoms with Gasteiger partial charge in [-0.2, -0.15) is 13.2 Å². The summed E-state index contributed by atoms with van der Waals surface area (Å²) in [5, 5.41) is 5.00. The number of amides is 1. The lowest BCUT2D eigenvalue weighted by Gasteiger charge is -2.17. The lowest BCUT2D eigenvalue weighted by molar-refractivity contribution is -0.138. The molecule has 0 saturated heterocycles. The van der Waals surface area contributed by atoms with Crippen molar-refractivity contribution in [2.24, 2.45) is 0 Å². The molecule has 1 aromatic carbocycles.